The van der Waals surface area contributed by atoms with Gasteiger partial charge in [-0.2, -0.15) is 0 Å². The molecule has 19 heavy (non-hydrogen) atoms. The van der Waals surface area contributed by atoms with Crippen LogP contribution in [0.15, 0.2) is 0 Å². The molecule has 0 aromatic carbocycles. The third-order valence-corrected chi connectivity index (χ3v) is 6.50. The summed E-state index contributed by atoms with van der Waals surface area (Å²) in [4.78, 5) is 10.7. The summed E-state index contributed by atoms with van der Waals surface area (Å²) >= 11 is 7.85. The van der Waals surface area contributed by atoms with Crippen LogP contribution in [-0.4, -0.2) is 24.6 Å². The fourth-order valence-electron chi connectivity index (χ4n) is 2.34. The van der Waals surface area contributed by atoms with Crippen LogP contribution in [-0.2, 0) is 22.7 Å². The molecule has 0 spiro atoms. The van der Waals surface area contributed by atoms with E-state index >= 15 is 0 Å². The second kappa shape index (κ2) is 4.40. The van der Waals surface area contributed by atoms with Gasteiger partial charge < -0.3 is 0 Å². The molecule has 1 aliphatic rings. The minimum Gasteiger partial charge on any atom is -0.228 e. The maximum absolute atomic E-state index is 11.6. The Balaban J connectivity index is 2.21. The van der Waals surface area contributed by atoms with E-state index in [2.05, 4.69) is 9.97 Å². The number of halogens is 1. The van der Waals surface area contributed by atoms with Crippen molar-refractivity contribution in [3.8, 4) is 0 Å². The second-order valence-electron chi connectivity index (χ2n) is 4.88. The summed E-state index contributed by atoms with van der Waals surface area (Å²) in [6.07, 6.45) is 4.41. The molecule has 102 valence electrons. The van der Waals surface area contributed by atoms with E-state index in [4.69, 9.17) is 11.6 Å². The lowest BCUT2D eigenvalue weighted by Gasteiger charge is -2.08. The predicted octanol–water partition coefficient (Wildman–Crippen LogP) is 2.94. The molecule has 2 heterocycles. The third kappa shape index (κ3) is 2.15. The largest absolute Gasteiger partial charge is 0.228 e. The Bertz CT molecular complexity index is 768. The van der Waals surface area contributed by atoms with E-state index in [1.54, 1.807) is 18.3 Å². The predicted molar refractivity (Wildman–Crippen MR) is 77.7 cm³/mol. The van der Waals surface area contributed by atoms with Crippen LogP contribution in [0.25, 0.3) is 10.2 Å². The number of sulfone groups is 1. The van der Waals surface area contributed by atoms with Gasteiger partial charge in [-0.25, -0.2) is 18.4 Å². The number of aromatic nitrogens is 2. The summed E-state index contributed by atoms with van der Waals surface area (Å²) in [6, 6.07) is 0. The first-order valence-electron chi connectivity index (χ1n) is 6.04. The van der Waals surface area contributed by atoms with Crippen molar-refractivity contribution in [3.05, 3.63) is 21.4 Å². The van der Waals surface area contributed by atoms with E-state index in [1.165, 1.54) is 16.7 Å². The molecule has 1 aliphatic carbocycles. The van der Waals surface area contributed by atoms with Crippen LogP contribution in [0.3, 0.4) is 0 Å². The van der Waals surface area contributed by atoms with E-state index < -0.39 is 15.1 Å². The van der Waals surface area contributed by atoms with Crippen molar-refractivity contribution in [3.63, 3.8) is 0 Å². The molecule has 4 nitrogen and oxygen atoms in total. The van der Waals surface area contributed by atoms with Gasteiger partial charge in [0.2, 0.25) is 0 Å². The summed E-state index contributed by atoms with van der Waals surface area (Å²) in [5.41, 5.74) is 1.25. The number of aryl methyl sites for hydroxylation is 2. The van der Waals surface area contributed by atoms with Crippen molar-refractivity contribution >= 4 is 43.0 Å². The van der Waals surface area contributed by atoms with Crippen LogP contribution in [0, 0.1) is 0 Å². The minimum absolute atomic E-state index is 0.292. The lowest BCUT2D eigenvalue weighted by molar-refractivity contribution is 0.589. The van der Waals surface area contributed by atoms with Crippen LogP contribution in [0.4, 0.5) is 0 Å². The molecule has 3 rings (SSSR count). The van der Waals surface area contributed by atoms with Gasteiger partial charge in [0, 0.05) is 11.1 Å². The number of thiophene rings is 1. The quantitative estimate of drug-likeness (QED) is 0.799. The molecule has 0 radical (unpaired) electrons. The van der Waals surface area contributed by atoms with E-state index in [0.29, 0.717) is 11.0 Å². The van der Waals surface area contributed by atoms with Crippen molar-refractivity contribution in [2.75, 3.05) is 6.26 Å². The Morgan fingerprint density at radius 3 is 2.74 bits per heavy atom. The minimum atomic E-state index is -3.22. The van der Waals surface area contributed by atoms with Crippen molar-refractivity contribution < 1.29 is 8.42 Å². The van der Waals surface area contributed by atoms with Crippen LogP contribution >= 0.6 is 22.9 Å². The van der Waals surface area contributed by atoms with E-state index in [0.717, 1.165) is 29.5 Å². The Morgan fingerprint density at radius 1 is 1.32 bits per heavy atom. The zero-order valence-electron chi connectivity index (χ0n) is 10.6. The number of rotatable bonds is 2. The maximum Gasteiger partial charge on any atom is 0.157 e. The van der Waals surface area contributed by atoms with Gasteiger partial charge >= 0.3 is 0 Å². The van der Waals surface area contributed by atoms with E-state index in [-0.39, 0.29) is 0 Å². The van der Waals surface area contributed by atoms with Gasteiger partial charge in [0.05, 0.1) is 5.39 Å². The Morgan fingerprint density at radius 2 is 2.05 bits per heavy atom. The van der Waals surface area contributed by atoms with Gasteiger partial charge in [0.1, 0.15) is 21.1 Å². The molecule has 2 aromatic heterocycles. The molecule has 0 N–H and O–H groups in total. The highest BCUT2D eigenvalue weighted by molar-refractivity contribution is 7.90. The van der Waals surface area contributed by atoms with Crippen LogP contribution in [0.5, 0.6) is 0 Å². The average Bonchev–Trinajstić information content (AvgIpc) is 2.85. The first kappa shape index (κ1) is 13.3. The average molecular weight is 317 g/mol. The number of fused-ring (bicyclic) bond motifs is 3. The first-order valence-corrected chi connectivity index (χ1v) is 9.19. The van der Waals surface area contributed by atoms with Gasteiger partial charge in [-0.1, -0.05) is 11.6 Å². The zero-order chi connectivity index (χ0) is 13.8. The zero-order valence-corrected chi connectivity index (χ0v) is 13.0. The highest BCUT2D eigenvalue weighted by atomic mass is 35.5. The standard InChI is InChI=1S/C12H13ClN2O2S2/c1-6(19(2,16)17)11-14-10(13)9-7-4-3-5-8(7)18-12(9)15-11/h6H,3-5H2,1-2H3. The van der Waals surface area contributed by atoms with E-state index in [1.807, 2.05) is 0 Å². The van der Waals surface area contributed by atoms with Crippen molar-refractivity contribution in [1.82, 2.24) is 9.97 Å². The summed E-state index contributed by atoms with van der Waals surface area (Å²) in [5.74, 6) is 0.292. The molecule has 1 atom stereocenters. The number of nitrogens with zero attached hydrogens (tertiary/aromatic N) is 2. The Labute approximate surface area is 120 Å². The summed E-state index contributed by atoms with van der Waals surface area (Å²) in [7, 11) is -3.22. The van der Waals surface area contributed by atoms with Crippen LogP contribution in [0.1, 0.15) is 34.9 Å². The van der Waals surface area contributed by atoms with Crippen molar-refractivity contribution in [2.24, 2.45) is 0 Å². The smallest absolute Gasteiger partial charge is 0.157 e. The highest BCUT2D eigenvalue weighted by Crippen LogP contribution is 2.39. The molecule has 2 aromatic rings. The first-order chi connectivity index (χ1) is 8.88. The summed E-state index contributed by atoms with van der Waals surface area (Å²) < 4.78 is 23.2. The topological polar surface area (TPSA) is 59.9 Å². The SMILES string of the molecule is CC(c1nc(Cl)c2c3c(sc2n1)CCC3)S(C)(=O)=O. The van der Waals surface area contributed by atoms with Crippen molar-refractivity contribution in [2.45, 2.75) is 31.4 Å². The molecular weight excluding hydrogens is 304 g/mol. The van der Waals surface area contributed by atoms with Gasteiger partial charge in [0.25, 0.3) is 0 Å². The lowest BCUT2D eigenvalue weighted by Crippen LogP contribution is -2.11. The summed E-state index contributed by atoms with van der Waals surface area (Å²) in [6.45, 7) is 1.59. The maximum atomic E-state index is 11.6. The van der Waals surface area contributed by atoms with Crippen molar-refractivity contribution in [1.29, 1.82) is 0 Å². The van der Waals surface area contributed by atoms with E-state index in [9.17, 15) is 8.42 Å². The molecular formula is C12H13ClN2O2S2. The molecule has 0 aliphatic heterocycles. The van der Waals surface area contributed by atoms with Gasteiger partial charge in [0.15, 0.2) is 9.84 Å². The molecule has 0 fully saturated rings. The normalized spacial score (nSPS) is 16.8. The monoisotopic (exact) mass is 316 g/mol. The van der Waals surface area contributed by atoms with Crippen LogP contribution < -0.4 is 0 Å². The van der Waals surface area contributed by atoms with Gasteiger partial charge in [-0.15, -0.1) is 11.3 Å². The number of hydrogen-bond donors (Lipinski definition) is 0. The molecule has 1 unspecified atom stereocenters. The molecule has 0 saturated heterocycles. The molecule has 0 bridgehead atoms. The highest BCUT2D eigenvalue weighted by Gasteiger charge is 2.25. The Kier molecular flexibility index (Phi) is 3.07. The molecule has 0 saturated carbocycles. The fourth-order valence-corrected chi connectivity index (χ4v) is 4.44. The molecule has 0 amide bonds. The third-order valence-electron chi connectivity index (χ3n) is 3.54. The fraction of sp³-hybridized carbons (Fsp3) is 0.500. The van der Waals surface area contributed by atoms with Crippen LogP contribution in [0.2, 0.25) is 5.15 Å². The number of hydrogen-bond acceptors (Lipinski definition) is 5. The van der Waals surface area contributed by atoms with Gasteiger partial charge in [-0.3, -0.25) is 0 Å². The molecule has 7 heteroatoms. The Hall–Kier alpha value is -0.720. The van der Waals surface area contributed by atoms with Gasteiger partial charge in [-0.05, 0) is 31.7 Å². The lowest BCUT2D eigenvalue weighted by atomic mass is 10.2. The summed E-state index contributed by atoms with van der Waals surface area (Å²) in [5, 5.41) is 0.574. The second-order valence-corrected chi connectivity index (χ2v) is 8.69.